The molecule has 76 valence electrons. The van der Waals surface area contributed by atoms with Crippen LogP contribution in [0.4, 0.5) is 22.0 Å². The number of alkyl halides is 6. The first-order valence-electron chi connectivity index (χ1n) is 2.76. The van der Waals surface area contributed by atoms with Gasteiger partial charge in [0.25, 0.3) is 5.13 Å². The predicted molar refractivity (Wildman–Crippen MR) is 44.5 cm³/mol. The summed E-state index contributed by atoms with van der Waals surface area (Å²) in [6.07, 6.45) is 0. The highest BCUT2D eigenvalue weighted by Gasteiger charge is 2.76. The van der Waals surface area contributed by atoms with Gasteiger partial charge in [0, 0.05) is 0 Å². The maximum atomic E-state index is 13.1. The lowest BCUT2D eigenvalue weighted by molar-refractivity contribution is -0.0633. The Hall–Kier alpha value is 0.640. The second-order valence-electron chi connectivity index (χ2n) is 2.35. The molecule has 8 heteroatoms. The van der Waals surface area contributed by atoms with Crippen LogP contribution in [-0.2, 0) is 0 Å². The summed E-state index contributed by atoms with van der Waals surface area (Å²) >= 11 is 9.11. The third kappa shape index (κ3) is 1.19. The molecule has 0 aromatic carbocycles. The van der Waals surface area contributed by atoms with E-state index < -0.39 is 25.9 Å². The summed E-state index contributed by atoms with van der Waals surface area (Å²) in [7, 11) is 0. The number of hydrogen-bond donors (Lipinski definition) is 0. The van der Waals surface area contributed by atoms with Crippen molar-refractivity contribution in [2.45, 2.75) is 14.3 Å². The van der Waals surface area contributed by atoms with Crippen LogP contribution in [0.1, 0.15) is 0 Å². The average molecular weight is 350 g/mol. The van der Waals surface area contributed by atoms with Crippen LogP contribution in [0.5, 0.6) is 0 Å². The van der Waals surface area contributed by atoms with E-state index in [-0.39, 0.29) is 0 Å². The highest BCUT2D eigenvalue weighted by atomic mass is 79.9. The molecular weight excluding hydrogens is 350 g/mol. The molecule has 0 saturated heterocycles. The van der Waals surface area contributed by atoms with Crippen molar-refractivity contribution in [2.24, 2.45) is 0 Å². The Labute approximate surface area is 91.4 Å². The largest absolute Gasteiger partial charge is 0.351 e. The summed E-state index contributed by atoms with van der Waals surface area (Å²) in [6.45, 7) is 0. The SMILES string of the molecule is FC1=C(F)C(Br)(Br)C(F)(Cl)C1(F)F. The van der Waals surface area contributed by atoms with E-state index in [0.29, 0.717) is 0 Å². The van der Waals surface area contributed by atoms with E-state index in [4.69, 9.17) is 11.6 Å². The molecule has 0 fully saturated rings. The molecule has 0 radical (unpaired) electrons. The van der Waals surface area contributed by atoms with Crippen LogP contribution in [0.3, 0.4) is 0 Å². The first kappa shape index (κ1) is 11.7. The van der Waals surface area contributed by atoms with Crippen molar-refractivity contribution in [1.82, 2.24) is 0 Å². The molecule has 1 atom stereocenters. The van der Waals surface area contributed by atoms with E-state index >= 15 is 0 Å². The van der Waals surface area contributed by atoms with Crippen LogP contribution in [0.25, 0.3) is 0 Å². The zero-order valence-electron chi connectivity index (χ0n) is 5.52. The van der Waals surface area contributed by atoms with E-state index in [1.165, 1.54) is 0 Å². The lowest BCUT2D eigenvalue weighted by atomic mass is 10.2. The lowest BCUT2D eigenvalue weighted by Crippen LogP contribution is -2.45. The van der Waals surface area contributed by atoms with Crippen LogP contribution >= 0.6 is 43.5 Å². The molecule has 1 rings (SSSR count). The monoisotopic (exact) mass is 348 g/mol. The Morgan fingerprint density at radius 2 is 1.38 bits per heavy atom. The third-order valence-corrected chi connectivity index (χ3v) is 4.30. The van der Waals surface area contributed by atoms with Gasteiger partial charge in [0.2, 0.25) is 5.83 Å². The predicted octanol–water partition coefficient (Wildman–Crippen LogP) is 4.18. The van der Waals surface area contributed by atoms with Gasteiger partial charge in [0.05, 0.1) is 0 Å². The maximum absolute atomic E-state index is 13.1. The van der Waals surface area contributed by atoms with Crippen molar-refractivity contribution >= 4 is 43.5 Å². The van der Waals surface area contributed by atoms with E-state index in [0.717, 1.165) is 0 Å². The summed E-state index contributed by atoms with van der Waals surface area (Å²) in [5, 5.41) is -3.92. The molecule has 0 N–H and O–H groups in total. The van der Waals surface area contributed by atoms with Crippen LogP contribution in [0.2, 0.25) is 0 Å². The smallest absolute Gasteiger partial charge is 0.216 e. The highest BCUT2D eigenvalue weighted by Crippen LogP contribution is 2.64. The van der Waals surface area contributed by atoms with Crippen molar-refractivity contribution in [3.8, 4) is 0 Å². The second kappa shape index (κ2) is 2.82. The van der Waals surface area contributed by atoms with Crippen molar-refractivity contribution in [1.29, 1.82) is 0 Å². The van der Waals surface area contributed by atoms with Gasteiger partial charge >= 0.3 is 5.92 Å². The fraction of sp³-hybridized carbons (Fsp3) is 0.600. The van der Waals surface area contributed by atoms with E-state index in [1.807, 2.05) is 0 Å². The summed E-state index contributed by atoms with van der Waals surface area (Å²) < 4.78 is 60.7. The number of rotatable bonds is 0. The van der Waals surface area contributed by atoms with Crippen LogP contribution < -0.4 is 0 Å². The normalized spacial score (nSPS) is 36.9. The van der Waals surface area contributed by atoms with E-state index in [2.05, 4.69) is 31.9 Å². The quantitative estimate of drug-likeness (QED) is 0.454. The minimum Gasteiger partial charge on any atom is -0.216 e. The molecule has 0 aromatic heterocycles. The molecule has 0 spiro atoms. The fourth-order valence-electron chi connectivity index (χ4n) is 0.749. The minimum atomic E-state index is -4.70. The van der Waals surface area contributed by atoms with Gasteiger partial charge in [-0.1, -0.05) is 43.5 Å². The Kier molecular flexibility index (Phi) is 2.54. The number of hydrogen-bond acceptors (Lipinski definition) is 0. The molecule has 0 amide bonds. The molecule has 0 aliphatic heterocycles. The van der Waals surface area contributed by atoms with Crippen molar-refractivity contribution < 1.29 is 22.0 Å². The fourth-order valence-corrected chi connectivity index (χ4v) is 1.76. The van der Waals surface area contributed by atoms with Gasteiger partial charge in [-0.25, -0.2) is 13.2 Å². The zero-order valence-corrected chi connectivity index (χ0v) is 9.45. The van der Waals surface area contributed by atoms with Gasteiger partial charge in [-0.3, -0.25) is 0 Å². The molecule has 0 aromatic rings. The molecule has 0 heterocycles. The summed E-state index contributed by atoms with van der Waals surface area (Å²) in [4.78, 5) is 0. The topological polar surface area (TPSA) is 0 Å². The Morgan fingerprint density at radius 3 is 1.46 bits per heavy atom. The molecule has 1 unspecified atom stereocenters. The Morgan fingerprint density at radius 1 is 1.00 bits per heavy atom. The number of allylic oxidation sites excluding steroid dienone is 2. The lowest BCUT2D eigenvalue weighted by Gasteiger charge is -2.27. The van der Waals surface area contributed by atoms with Crippen LogP contribution in [-0.4, -0.2) is 14.3 Å². The summed E-state index contributed by atoms with van der Waals surface area (Å²) in [5.74, 6) is -9.22. The molecule has 13 heavy (non-hydrogen) atoms. The van der Waals surface area contributed by atoms with Gasteiger partial charge in [0.15, 0.2) is 9.06 Å². The molecule has 1 aliphatic rings. The van der Waals surface area contributed by atoms with Gasteiger partial charge in [-0.2, -0.15) is 8.78 Å². The van der Waals surface area contributed by atoms with E-state index in [1.54, 1.807) is 0 Å². The average Bonchev–Trinajstić information content (AvgIpc) is 2.05. The summed E-state index contributed by atoms with van der Waals surface area (Å²) in [5.41, 5.74) is 0. The first-order chi connectivity index (χ1) is 5.57. The molecule has 0 saturated carbocycles. The van der Waals surface area contributed by atoms with Gasteiger partial charge < -0.3 is 0 Å². The Balaban J connectivity index is 3.39. The third-order valence-electron chi connectivity index (χ3n) is 1.53. The summed E-state index contributed by atoms with van der Waals surface area (Å²) in [6, 6.07) is 0. The van der Waals surface area contributed by atoms with Gasteiger partial charge in [0.1, 0.15) is 0 Å². The first-order valence-corrected chi connectivity index (χ1v) is 4.73. The van der Waals surface area contributed by atoms with Crippen molar-refractivity contribution in [3.63, 3.8) is 0 Å². The highest BCUT2D eigenvalue weighted by molar-refractivity contribution is 9.25. The minimum absolute atomic E-state index is 2.00. The maximum Gasteiger partial charge on any atom is 0.351 e. The van der Waals surface area contributed by atoms with Crippen LogP contribution in [0.15, 0.2) is 11.7 Å². The zero-order chi connectivity index (χ0) is 10.7. The standard InChI is InChI=1S/C5Br2ClF5/c6-3(7)1(9)2(10)4(11,12)5(3,8)13. The number of halogens is 8. The van der Waals surface area contributed by atoms with Crippen molar-refractivity contribution in [2.75, 3.05) is 0 Å². The molecule has 0 nitrogen and oxygen atoms in total. The Bertz CT molecular complexity index is 259. The van der Waals surface area contributed by atoms with Crippen LogP contribution in [0, 0.1) is 0 Å². The molecule has 1 aliphatic carbocycles. The van der Waals surface area contributed by atoms with Crippen molar-refractivity contribution in [3.05, 3.63) is 11.7 Å². The van der Waals surface area contributed by atoms with Gasteiger partial charge in [-0.15, -0.1) is 0 Å². The van der Waals surface area contributed by atoms with E-state index in [9.17, 15) is 22.0 Å². The molecular formula is C5Br2ClF5. The second-order valence-corrected chi connectivity index (χ2v) is 6.32. The van der Waals surface area contributed by atoms with Gasteiger partial charge in [-0.05, 0) is 0 Å². The molecule has 0 bridgehead atoms.